The minimum Gasteiger partial charge on any atom is -0.380 e. The third-order valence-corrected chi connectivity index (χ3v) is 4.68. The molecule has 24 heavy (non-hydrogen) atoms. The average Bonchev–Trinajstić information content (AvgIpc) is 3.13. The Labute approximate surface area is 139 Å². The van der Waals surface area contributed by atoms with Crippen LogP contribution in [0.3, 0.4) is 0 Å². The molecule has 2 amide bonds. The first-order chi connectivity index (χ1) is 11.7. The molecule has 2 aliphatic rings. The van der Waals surface area contributed by atoms with Gasteiger partial charge in [0.1, 0.15) is 18.0 Å². The molecule has 4 rings (SSSR count). The van der Waals surface area contributed by atoms with Crippen molar-refractivity contribution in [3.8, 4) is 0 Å². The molecule has 126 valence electrons. The summed E-state index contributed by atoms with van der Waals surface area (Å²) in [5.74, 6) is 1.88. The highest BCUT2D eigenvalue weighted by Gasteiger charge is 2.38. The van der Waals surface area contributed by atoms with Crippen molar-refractivity contribution >= 4 is 11.8 Å². The van der Waals surface area contributed by atoms with Gasteiger partial charge in [0.05, 0.1) is 12.1 Å². The first kappa shape index (κ1) is 15.1. The van der Waals surface area contributed by atoms with E-state index in [1.807, 2.05) is 18.3 Å². The Bertz CT molecular complexity index is 698. The van der Waals surface area contributed by atoms with Crippen LogP contribution in [-0.4, -0.2) is 50.9 Å². The Hall–Kier alpha value is -2.48. The van der Waals surface area contributed by atoms with Gasteiger partial charge in [-0.1, -0.05) is 6.07 Å². The monoisotopic (exact) mass is 328 g/mol. The number of anilines is 1. The number of pyridine rings is 1. The average molecular weight is 328 g/mol. The summed E-state index contributed by atoms with van der Waals surface area (Å²) in [6.07, 6.45) is 6.44. The second-order valence-electron chi connectivity index (χ2n) is 6.31. The molecule has 1 aliphatic heterocycles. The number of nitrogens with one attached hydrogen (secondary N) is 2. The highest BCUT2D eigenvalue weighted by molar-refractivity contribution is 5.88. The number of hydrogen-bond donors (Lipinski definition) is 2. The predicted molar refractivity (Wildman–Crippen MR) is 86.5 cm³/mol. The minimum atomic E-state index is -0.206. The molecule has 1 aliphatic carbocycles. The molecule has 0 bridgehead atoms. The Morgan fingerprint density at radius 2 is 2.25 bits per heavy atom. The second-order valence-corrected chi connectivity index (χ2v) is 6.31. The van der Waals surface area contributed by atoms with E-state index in [4.69, 9.17) is 4.74 Å². The van der Waals surface area contributed by atoms with Crippen LogP contribution in [0.2, 0.25) is 0 Å². The van der Waals surface area contributed by atoms with Crippen LogP contribution in [0.5, 0.6) is 0 Å². The molecule has 2 aromatic heterocycles. The van der Waals surface area contributed by atoms with Crippen LogP contribution in [0.15, 0.2) is 24.7 Å². The van der Waals surface area contributed by atoms with Gasteiger partial charge in [0.15, 0.2) is 0 Å². The zero-order valence-electron chi connectivity index (χ0n) is 13.5. The van der Waals surface area contributed by atoms with Crippen molar-refractivity contribution in [2.24, 2.45) is 0 Å². The molecule has 2 aromatic rings. The molecule has 2 N–H and O–H groups in total. The van der Waals surface area contributed by atoms with Gasteiger partial charge in [0.25, 0.3) is 0 Å². The van der Waals surface area contributed by atoms with E-state index in [-0.39, 0.29) is 18.2 Å². The minimum absolute atomic E-state index is 0.0175. The number of ether oxygens (including phenoxy) is 1. The topological polar surface area (TPSA) is 96.0 Å². The number of methoxy groups -OCH3 is 1. The molecular weight excluding hydrogens is 308 g/mol. The van der Waals surface area contributed by atoms with E-state index >= 15 is 0 Å². The van der Waals surface area contributed by atoms with Gasteiger partial charge in [-0.05, 0) is 30.4 Å². The zero-order chi connectivity index (χ0) is 16.5. The van der Waals surface area contributed by atoms with Crippen LogP contribution < -0.4 is 5.32 Å². The summed E-state index contributed by atoms with van der Waals surface area (Å²) in [5.41, 5.74) is 1.24. The maximum Gasteiger partial charge on any atom is 0.323 e. The van der Waals surface area contributed by atoms with E-state index in [0.29, 0.717) is 30.5 Å². The molecule has 2 fully saturated rings. The van der Waals surface area contributed by atoms with E-state index in [2.05, 4.69) is 25.5 Å². The number of amides is 2. The molecule has 0 unspecified atom stereocenters. The SMILES string of the molecule is CO[C@@H]1C[C@@H](c2ncn[nH]2)N(C(=O)Nc2ccc(C3CC3)cn2)C1. The van der Waals surface area contributed by atoms with Gasteiger partial charge in [-0.25, -0.2) is 14.8 Å². The number of carbonyl (C=O) groups is 1. The van der Waals surface area contributed by atoms with Crippen molar-refractivity contribution < 1.29 is 9.53 Å². The lowest BCUT2D eigenvalue weighted by Gasteiger charge is -2.22. The van der Waals surface area contributed by atoms with Crippen molar-refractivity contribution in [1.29, 1.82) is 0 Å². The normalized spacial score (nSPS) is 23.5. The third kappa shape index (κ3) is 2.96. The Morgan fingerprint density at radius 1 is 1.38 bits per heavy atom. The maximum absolute atomic E-state index is 12.7. The van der Waals surface area contributed by atoms with Crippen LogP contribution in [0.25, 0.3) is 0 Å². The number of aromatic nitrogens is 4. The summed E-state index contributed by atoms with van der Waals surface area (Å²) >= 11 is 0. The Morgan fingerprint density at radius 3 is 2.88 bits per heavy atom. The number of carbonyl (C=O) groups excluding carboxylic acids is 1. The fourth-order valence-electron chi connectivity index (χ4n) is 3.15. The van der Waals surface area contributed by atoms with Crippen LogP contribution >= 0.6 is 0 Å². The number of urea groups is 1. The molecule has 1 saturated heterocycles. The number of aromatic amines is 1. The smallest absolute Gasteiger partial charge is 0.323 e. The summed E-state index contributed by atoms with van der Waals surface area (Å²) < 4.78 is 5.42. The van der Waals surface area contributed by atoms with E-state index in [1.165, 1.54) is 24.7 Å². The van der Waals surface area contributed by atoms with Crippen molar-refractivity contribution in [2.45, 2.75) is 37.3 Å². The van der Waals surface area contributed by atoms with Gasteiger partial charge < -0.3 is 9.64 Å². The number of likely N-dealkylation sites (tertiary alicyclic amines) is 1. The van der Waals surface area contributed by atoms with Crippen molar-refractivity contribution in [2.75, 3.05) is 19.0 Å². The highest BCUT2D eigenvalue weighted by Crippen LogP contribution is 2.39. The first-order valence-corrected chi connectivity index (χ1v) is 8.16. The molecule has 0 spiro atoms. The van der Waals surface area contributed by atoms with Crippen molar-refractivity contribution in [3.63, 3.8) is 0 Å². The van der Waals surface area contributed by atoms with E-state index < -0.39 is 0 Å². The summed E-state index contributed by atoms with van der Waals surface area (Å²) in [7, 11) is 1.65. The van der Waals surface area contributed by atoms with Crippen molar-refractivity contribution in [3.05, 3.63) is 36.0 Å². The van der Waals surface area contributed by atoms with Crippen LogP contribution in [0.4, 0.5) is 10.6 Å². The van der Waals surface area contributed by atoms with E-state index in [1.54, 1.807) is 12.0 Å². The van der Waals surface area contributed by atoms with E-state index in [0.717, 1.165) is 0 Å². The largest absolute Gasteiger partial charge is 0.380 e. The molecular formula is C16H20N6O2. The van der Waals surface area contributed by atoms with Crippen LogP contribution in [-0.2, 0) is 4.74 Å². The molecule has 8 heteroatoms. The highest BCUT2D eigenvalue weighted by atomic mass is 16.5. The lowest BCUT2D eigenvalue weighted by molar-refractivity contribution is 0.111. The van der Waals surface area contributed by atoms with Crippen LogP contribution in [0.1, 0.15) is 42.6 Å². The fourth-order valence-corrected chi connectivity index (χ4v) is 3.15. The second kappa shape index (κ2) is 6.20. The molecule has 2 atom stereocenters. The Balaban J connectivity index is 1.47. The zero-order valence-corrected chi connectivity index (χ0v) is 13.5. The van der Waals surface area contributed by atoms with Gasteiger partial charge in [-0.2, -0.15) is 5.10 Å². The summed E-state index contributed by atoms with van der Waals surface area (Å²) in [5, 5.41) is 9.59. The predicted octanol–water partition coefficient (Wildman–Crippen LogP) is 2.07. The van der Waals surface area contributed by atoms with Gasteiger partial charge in [0, 0.05) is 26.3 Å². The van der Waals surface area contributed by atoms with Gasteiger partial charge in [-0.3, -0.25) is 10.4 Å². The standard InChI is InChI=1S/C16H20N6O2/c1-24-12-6-13(15-18-9-19-21-15)22(8-12)16(23)20-14-5-4-11(7-17-14)10-2-3-10/h4-5,7,9-10,12-13H,2-3,6,8H2,1H3,(H,17,20,23)(H,18,19,21)/t12-,13+/m1/s1. The number of nitrogens with zero attached hydrogens (tertiary/aromatic N) is 4. The lowest BCUT2D eigenvalue weighted by Crippen LogP contribution is -2.36. The third-order valence-electron chi connectivity index (χ3n) is 4.68. The fraction of sp³-hybridized carbons (Fsp3) is 0.500. The molecule has 3 heterocycles. The molecule has 0 aromatic carbocycles. The lowest BCUT2D eigenvalue weighted by atomic mass is 10.2. The number of H-pyrrole nitrogens is 1. The molecule has 8 nitrogen and oxygen atoms in total. The summed E-state index contributed by atoms with van der Waals surface area (Å²) in [4.78, 5) is 22.9. The van der Waals surface area contributed by atoms with E-state index in [9.17, 15) is 4.79 Å². The van der Waals surface area contributed by atoms with Gasteiger partial charge in [-0.15, -0.1) is 0 Å². The molecule has 0 radical (unpaired) electrons. The first-order valence-electron chi connectivity index (χ1n) is 8.16. The van der Waals surface area contributed by atoms with Gasteiger partial charge in [0.2, 0.25) is 0 Å². The van der Waals surface area contributed by atoms with Gasteiger partial charge >= 0.3 is 6.03 Å². The Kier molecular flexibility index (Phi) is 3.89. The number of rotatable bonds is 4. The number of hydrogen-bond acceptors (Lipinski definition) is 5. The maximum atomic E-state index is 12.7. The van der Waals surface area contributed by atoms with Crippen molar-refractivity contribution in [1.82, 2.24) is 25.1 Å². The van der Waals surface area contributed by atoms with Crippen LogP contribution in [0, 0.1) is 0 Å². The molecule has 1 saturated carbocycles. The summed E-state index contributed by atoms with van der Waals surface area (Å²) in [6, 6.07) is 3.51. The summed E-state index contributed by atoms with van der Waals surface area (Å²) in [6.45, 7) is 0.508. The quantitative estimate of drug-likeness (QED) is 0.895.